The van der Waals surface area contributed by atoms with Gasteiger partial charge in [0.05, 0.1) is 11.8 Å². The number of nitrogens with zero attached hydrogens (tertiary/aromatic N) is 1. The van der Waals surface area contributed by atoms with Crippen LogP contribution in [0.25, 0.3) is 0 Å². The number of piperidine rings is 1. The fourth-order valence-corrected chi connectivity index (χ4v) is 5.79. The van der Waals surface area contributed by atoms with Gasteiger partial charge in [-0.15, -0.1) is 0 Å². The molecule has 7 heteroatoms. The van der Waals surface area contributed by atoms with Crippen LogP contribution in [-0.4, -0.2) is 31.7 Å². The highest BCUT2D eigenvalue weighted by Crippen LogP contribution is 2.26. The van der Waals surface area contributed by atoms with Crippen LogP contribution >= 0.6 is 15.9 Å². The van der Waals surface area contributed by atoms with E-state index in [-0.39, 0.29) is 29.0 Å². The predicted molar refractivity (Wildman–Crippen MR) is 133 cm³/mol. The van der Waals surface area contributed by atoms with Crippen molar-refractivity contribution in [2.75, 3.05) is 13.1 Å². The highest BCUT2D eigenvalue weighted by atomic mass is 79.9. The molecule has 0 radical (unpaired) electrons. The van der Waals surface area contributed by atoms with Gasteiger partial charge in [-0.3, -0.25) is 4.79 Å². The summed E-state index contributed by atoms with van der Waals surface area (Å²) in [5.74, 6) is -0.175. The molecule has 2 aromatic carbocycles. The second-order valence-electron chi connectivity index (χ2n) is 9.66. The number of sulfonamides is 1. The topological polar surface area (TPSA) is 66.5 Å². The minimum atomic E-state index is -3.39. The summed E-state index contributed by atoms with van der Waals surface area (Å²) in [5.41, 5.74) is 3.19. The van der Waals surface area contributed by atoms with Crippen molar-refractivity contribution in [3.63, 3.8) is 0 Å². The molecule has 0 aromatic heterocycles. The van der Waals surface area contributed by atoms with Crippen LogP contribution in [0.1, 0.15) is 63.3 Å². The first-order valence-electron chi connectivity index (χ1n) is 11.1. The van der Waals surface area contributed by atoms with Crippen molar-refractivity contribution in [1.29, 1.82) is 0 Å². The number of carbonyl (C=O) groups is 1. The summed E-state index contributed by atoms with van der Waals surface area (Å²) >= 11 is 3.37. The van der Waals surface area contributed by atoms with Crippen molar-refractivity contribution < 1.29 is 13.2 Å². The lowest BCUT2D eigenvalue weighted by atomic mass is 9.86. The number of carbonyl (C=O) groups excluding carboxylic acids is 1. The van der Waals surface area contributed by atoms with Crippen molar-refractivity contribution in [3.8, 4) is 0 Å². The Labute approximate surface area is 200 Å². The molecule has 1 N–H and O–H groups in total. The molecule has 1 amide bonds. The van der Waals surface area contributed by atoms with Gasteiger partial charge in [-0.25, -0.2) is 12.7 Å². The number of amides is 1. The standard InChI is InChI=1S/C25H33BrN2O3S/c1-18(20-7-9-22(10-8-20)25(2,3)4)27-24(29)21-13-15-28(16-14-21)32(30,31)17-19-5-11-23(26)12-6-19/h5-12,18,21H,13-17H2,1-4H3,(H,27,29)/t18-/m0/s1. The summed E-state index contributed by atoms with van der Waals surface area (Å²) in [4.78, 5) is 12.8. The zero-order chi connectivity index (χ0) is 23.5. The maximum absolute atomic E-state index is 12.8. The lowest BCUT2D eigenvalue weighted by molar-refractivity contribution is -0.126. The van der Waals surface area contributed by atoms with Gasteiger partial charge in [0, 0.05) is 23.5 Å². The van der Waals surface area contributed by atoms with E-state index in [0.29, 0.717) is 25.9 Å². The van der Waals surface area contributed by atoms with Crippen LogP contribution < -0.4 is 5.32 Å². The molecule has 32 heavy (non-hydrogen) atoms. The molecule has 1 heterocycles. The molecule has 1 atom stereocenters. The summed E-state index contributed by atoms with van der Waals surface area (Å²) in [6, 6.07) is 15.6. The van der Waals surface area contributed by atoms with Crippen LogP contribution in [0.4, 0.5) is 0 Å². The van der Waals surface area contributed by atoms with E-state index in [4.69, 9.17) is 0 Å². The van der Waals surface area contributed by atoms with Crippen molar-refractivity contribution >= 4 is 31.9 Å². The Morgan fingerprint density at radius 2 is 1.62 bits per heavy atom. The molecule has 1 fully saturated rings. The SMILES string of the molecule is C[C@H](NC(=O)C1CCN(S(=O)(=O)Cc2ccc(Br)cc2)CC1)c1ccc(C(C)(C)C)cc1. The third-order valence-electron chi connectivity index (χ3n) is 6.12. The van der Waals surface area contributed by atoms with Crippen LogP contribution in [0.5, 0.6) is 0 Å². The van der Waals surface area contributed by atoms with Gasteiger partial charge in [-0.2, -0.15) is 0 Å². The molecular weight excluding hydrogens is 488 g/mol. The molecule has 0 bridgehead atoms. The molecule has 0 saturated carbocycles. The third-order valence-corrected chi connectivity index (χ3v) is 8.49. The van der Waals surface area contributed by atoms with E-state index in [1.165, 1.54) is 9.87 Å². The molecule has 0 spiro atoms. The number of rotatable bonds is 6. The Bertz CT molecular complexity index is 1020. The Kier molecular flexibility index (Phi) is 7.84. The largest absolute Gasteiger partial charge is 0.349 e. The lowest BCUT2D eigenvalue weighted by Gasteiger charge is -2.31. The van der Waals surface area contributed by atoms with Crippen molar-refractivity contribution in [3.05, 3.63) is 69.7 Å². The van der Waals surface area contributed by atoms with Crippen molar-refractivity contribution in [1.82, 2.24) is 9.62 Å². The molecule has 5 nitrogen and oxygen atoms in total. The maximum atomic E-state index is 12.8. The van der Waals surface area contributed by atoms with E-state index in [9.17, 15) is 13.2 Å². The Morgan fingerprint density at radius 3 is 2.16 bits per heavy atom. The van der Waals surface area contributed by atoms with Crippen LogP contribution in [0.2, 0.25) is 0 Å². The fraction of sp³-hybridized carbons (Fsp3) is 0.480. The molecule has 1 aliphatic heterocycles. The Hall–Kier alpha value is -1.70. The number of nitrogens with one attached hydrogen (secondary N) is 1. The van der Waals surface area contributed by atoms with Crippen molar-refractivity contribution in [2.24, 2.45) is 5.92 Å². The van der Waals surface area contributed by atoms with Gasteiger partial charge in [0.2, 0.25) is 15.9 Å². The zero-order valence-corrected chi connectivity index (χ0v) is 21.7. The quantitative estimate of drug-likeness (QED) is 0.571. The number of hydrogen-bond acceptors (Lipinski definition) is 3. The second-order valence-corrected chi connectivity index (χ2v) is 12.5. The van der Waals surface area contributed by atoms with Gasteiger partial charge >= 0.3 is 0 Å². The van der Waals surface area contributed by atoms with Crippen molar-refractivity contribution in [2.45, 2.75) is 57.7 Å². The minimum Gasteiger partial charge on any atom is -0.349 e. The number of hydrogen-bond donors (Lipinski definition) is 1. The molecule has 0 unspecified atom stereocenters. The average Bonchev–Trinajstić information content (AvgIpc) is 2.75. The van der Waals surface area contributed by atoms with E-state index in [1.807, 2.05) is 31.2 Å². The van der Waals surface area contributed by atoms with Crippen LogP contribution in [0, 0.1) is 5.92 Å². The Morgan fingerprint density at radius 1 is 1.06 bits per heavy atom. The monoisotopic (exact) mass is 520 g/mol. The van der Waals surface area contributed by atoms with E-state index < -0.39 is 10.0 Å². The molecular formula is C25H33BrN2O3S. The summed E-state index contributed by atoms with van der Waals surface area (Å²) in [6.07, 6.45) is 1.09. The predicted octanol–water partition coefficient (Wildman–Crippen LogP) is 5.17. The molecule has 174 valence electrons. The Balaban J connectivity index is 1.53. The minimum absolute atomic E-state index is 0.00218. The van der Waals surface area contributed by atoms with Gasteiger partial charge in [-0.05, 0) is 54.0 Å². The van der Waals surface area contributed by atoms with E-state index in [1.54, 1.807) is 0 Å². The zero-order valence-electron chi connectivity index (χ0n) is 19.3. The normalized spacial score (nSPS) is 17.2. The van der Waals surface area contributed by atoms with Gasteiger partial charge < -0.3 is 5.32 Å². The highest BCUT2D eigenvalue weighted by molar-refractivity contribution is 9.10. The summed E-state index contributed by atoms with van der Waals surface area (Å²) in [5, 5.41) is 3.11. The molecule has 3 rings (SSSR count). The number of halogens is 1. The highest BCUT2D eigenvalue weighted by Gasteiger charge is 2.31. The average molecular weight is 522 g/mol. The molecule has 2 aromatic rings. The fourth-order valence-electron chi connectivity index (χ4n) is 3.97. The number of benzene rings is 2. The maximum Gasteiger partial charge on any atom is 0.223 e. The van der Waals surface area contributed by atoms with Crippen LogP contribution in [0.3, 0.4) is 0 Å². The molecule has 1 saturated heterocycles. The van der Waals surface area contributed by atoms with Gasteiger partial charge in [0.25, 0.3) is 0 Å². The van der Waals surface area contributed by atoms with E-state index in [0.717, 1.165) is 15.6 Å². The second kappa shape index (κ2) is 10.1. The first-order chi connectivity index (χ1) is 15.0. The van der Waals surface area contributed by atoms with Gasteiger partial charge in [0.1, 0.15) is 0 Å². The summed E-state index contributed by atoms with van der Waals surface area (Å²) in [6.45, 7) is 9.29. The van der Waals surface area contributed by atoms with E-state index >= 15 is 0 Å². The van der Waals surface area contributed by atoms with E-state index in [2.05, 4.69) is 66.3 Å². The first-order valence-corrected chi connectivity index (χ1v) is 13.5. The van der Waals surface area contributed by atoms with Gasteiger partial charge in [0.15, 0.2) is 0 Å². The first kappa shape index (κ1) is 24.9. The smallest absolute Gasteiger partial charge is 0.223 e. The van der Waals surface area contributed by atoms with Gasteiger partial charge in [-0.1, -0.05) is 73.1 Å². The molecule has 1 aliphatic rings. The summed E-state index contributed by atoms with van der Waals surface area (Å²) in [7, 11) is -3.39. The molecule has 0 aliphatic carbocycles. The lowest BCUT2D eigenvalue weighted by Crippen LogP contribution is -2.43. The summed E-state index contributed by atoms with van der Waals surface area (Å²) < 4.78 is 28.0. The third kappa shape index (κ3) is 6.42. The van der Waals surface area contributed by atoms with Crippen LogP contribution in [-0.2, 0) is 26.0 Å². The van der Waals surface area contributed by atoms with Crippen LogP contribution in [0.15, 0.2) is 53.0 Å².